The Morgan fingerprint density at radius 3 is 1.93 bits per heavy atom. The van der Waals surface area contributed by atoms with E-state index in [1.54, 1.807) is 0 Å². The van der Waals surface area contributed by atoms with Crippen LogP contribution in [0.5, 0.6) is 0 Å². The summed E-state index contributed by atoms with van der Waals surface area (Å²) in [6.45, 7) is 2.66. The van der Waals surface area contributed by atoms with Crippen molar-refractivity contribution in [2.75, 3.05) is 31.9 Å². The van der Waals surface area contributed by atoms with Gasteiger partial charge in [0.15, 0.2) is 0 Å². The molecule has 1 aliphatic heterocycles. The summed E-state index contributed by atoms with van der Waals surface area (Å²) < 4.78 is 78.6. The first kappa shape index (κ1) is 23.2. The Hall–Kier alpha value is -1.05. The van der Waals surface area contributed by atoms with E-state index in [4.69, 9.17) is 0 Å². The molecule has 1 aromatic rings. The number of nitrogens with one attached hydrogen (secondary N) is 2. The van der Waals surface area contributed by atoms with Crippen molar-refractivity contribution in [1.29, 1.82) is 0 Å². The SMILES string of the molecule is CCS(=O)(=O)NCCCNS(=O)(=O)c1ccc(S(=O)(=O)N2CCCCC2)cc1. The Balaban J connectivity index is 1.95. The third kappa shape index (κ3) is 6.22. The summed E-state index contributed by atoms with van der Waals surface area (Å²) in [7, 11) is -10.7. The highest BCUT2D eigenvalue weighted by atomic mass is 32.2. The maximum absolute atomic E-state index is 12.6. The van der Waals surface area contributed by atoms with E-state index in [-0.39, 0.29) is 28.6 Å². The van der Waals surface area contributed by atoms with Crippen molar-refractivity contribution in [3.63, 3.8) is 0 Å². The monoisotopic (exact) mass is 453 g/mol. The topological polar surface area (TPSA) is 130 Å². The molecule has 9 nitrogen and oxygen atoms in total. The number of hydrogen-bond donors (Lipinski definition) is 2. The molecule has 1 aromatic carbocycles. The fraction of sp³-hybridized carbons (Fsp3) is 0.625. The standard InChI is InChI=1S/C16H27N3O6S3/c1-2-26(20,21)17-11-6-12-18-27(22,23)15-7-9-16(10-8-15)28(24,25)19-13-4-3-5-14-19/h7-10,17-18H,2-6,11-14H2,1H3. The van der Waals surface area contributed by atoms with E-state index in [1.807, 2.05) is 0 Å². The molecule has 0 bridgehead atoms. The van der Waals surface area contributed by atoms with Crippen LogP contribution in [0.25, 0.3) is 0 Å². The van der Waals surface area contributed by atoms with Gasteiger partial charge in [-0.15, -0.1) is 0 Å². The van der Waals surface area contributed by atoms with Crippen LogP contribution in [0.4, 0.5) is 0 Å². The molecule has 0 atom stereocenters. The average Bonchev–Trinajstić information content (AvgIpc) is 2.68. The van der Waals surface area contributed by atoms with E-state index in [2.05, 4.69) is 9.44 Å². The first-order valence-corrected chi connectivity index (χ1v) is 13.7. The fourth-order valence-electron chi connectivity index (χ4n) is 2.75. The third-order valence-electron chi connectivity index (χ3n) is 4.43. The minimum Gasteiger partial charge on any atom is -0.215 e. The van der Waals surface area contributed by atoms with Gasteiger partial charge in [-0.1, -0.05) is 6.42 Å². The van der Waals surface area contributed by atoms with Crippen molar-refractivity contribution in [3.8, 4) is 0 Å². The zero-order valence-corrected chi connectivity index (χ0v) is 18.2. The van der Waals surface area contributed by atoms with Gasteiger partial charge in [-0.05, 0) is 50.5 Å². The van der Waals surface area contributed by atoms with Gasteiger partial charge >= 0.3 is 0 Å². The second kappa shape index (κ2) is 9.63. The molecule has 2 rings (SSSR count). The van der Waals surface area contributed by atoms with Crippen LogP contribution in [0.3, 0.4) is 0 Å². The number of hydrogen-bond acceptors (Lipinski definition) is 6. The Labute approximate surface area is 167 Å². The van der Waals surface area contributed by atoms with Gasteiger partial charge in [0.1, 0.15) is 0 Å². The van der Waals surface area contributed by atoms with Gasteiger partial charge < -0.3 is 0 Å². The third-order valence-corrected chi connectivity index (χ3v) is 9.23. The predicted octanol–water partition coefficient (Wildman–Crippen LogP) is 0.469. The van der Waals surface area contributed by atoms with Crippen molar-refractivity contribution in [3.05, 3.63) is 24.3 Å². The van der Waals surface area contributed by atoms with Crippen LogP contribution >= 0.6 is 0 Å². The highest BCUT2D eigenvalue weighted by Crippen LogP contribution is 2.21. The molecule has 0 aliphatic carbocycles. The summed E-state index contributed by atoms with van der Waals surface area (Å²) in [6, 6.07) is 5.12. The largest absolute Gasteiger partial charge is 0.243 e. The number of sulfonamides is 3. The molecule has 160 valence electrons. The summed E-state index contributed by atoms with van der Waals surface area (Å²) in [6.07, 6.45) is 2.95. The molecular weight excluding hydrogens is 426 g/mol. The van der Waals surface area contributed by atoms with Crippen molar-refractivity contribution < 1.29 is 25.3 Å². The number of benzene rings is 1. The highest BCUT2D eigenvalue weighted by molar-refractivity contribution is 7.90. The first-order chi connectivity index (χ1) is 13.1. The second-order valence-corrected chi connectivity index (χ2v) is 12.3. The predicted molar refractivity (Wildman–Crippen MR) is 106 cm³/mol. The van der Waals surface area contributed by atoms with E-state index in [1.165, 1.54) is 35.5 Å². The van der Waals surface area contributed by atoms with Crippen LogP contribution in [-0.4, -0.2) is 61.5 Å². The summed E-state index contributed by atoms with van der Waals surface area (Å²) in [4.78, 5) is 0.0292. The number of piperidine rings is 1. The van der Waals surface area contributed by atoms with Crippen LogP contribution in [0.2, 0.25) is 0 Å². The summed E-state index contributed by atoms with van der Waals surface area (Å²) in [5.41, 5.74) is 0. The van der Waals surface area contributed by atoms with E-state index >= 15 is 0 Å². The average molecular weight is 454 g/mol. The van der Waals surface area contributed by atoms with Gasteiger partial charge in [0.05, 0.1) is 15.5 Å². The molecule has 12 heteroatoms. The minimum atomic E-state index is -3.80. The van der Waals surface area contributed by atoms with E-state index in [0.29, 0.717) is 19.5 Å². The Morgan fingerprint density at radius 2 is 1.36 bits per heavy atom. The normalized spacial score (nSPS) is 16.9. The van der Waals surface area contributed by atoms with Gasteiger partial charge in [0, 0.05) is 26.2 Å². The summed E-state index contributed by atoms with van der Waals surface area (Å²) in [5.74, 6) is -0.0363. The first-order valence-electron chi connectivity index (χ1n) is 9.16. The van der Waals surface area contributed by atoms with Crippen molar-refractivity contribution in [1.82, 2.24) is 13.7 Å². The van der Waals surface area contributed by atoms with Crippen LogP contribution in [0.1, 0.15) is 32.6 Å². The molecule has 1 fully saturated rings. The molecule has 0 saturated carbocycles. The molecule has 0 radical (unpaired) electrons. The molecule has 0 amide bonds. The number of nitrogens with zero attached hydrogens (tertiary/aromatic N) is 1. The van der Waals surface area contributed by atoms with Gasteiger partial charge in [0.2, 0.25) is 30.1 Å². The van der Waals surface area contributed by atoms with Gasteiger partial charge in [-0.2, -0.15) is 4.31 Å². The lowest BCUT2D eigenvalue weighted by Gasteiger charge is -2.25. The van der Waals surface area contributed by atoms with E-state index in [0.717, 1.165) is 19.3 Å². The lowest BCUT2D eigenvalue weighted by atomic mass is 10.2. The van der Waals surface area contributed by atoms with Gasteiger partial charge in [0.25, 0.3) is 0 Å². The quantitative estimate of drug-likeness (QED) is 0.495. The van der Waals surface area contributed by atoms with Gasteiger partial charge in [-0.3, -0.25) is 0 Å². The fourth-order valence-corrected chi connectivity index (χ4v) is 6.00. The molecule has 28 heavy (non-hydrogen) atoms. The molecule has 2 N–H and O–H groups in total. The van der Waals surface area contributed by atoms with Crippen LogP contribution in [0, 0.1) is 0 Å². The maximum Gasteiger partial charge on any atom is 0.243 e. The molecule has 1 saturated heterocycles. The molecule has 1 aliphatic rings. The lowest BCUT2D eigenvalue weighted by Crippen LogP contribution is -2.35. The smallest absolute Gasteiger partial charge is 0.215 e. The van der Waals surface area contributed by atoms with Crippen LogP contribution in [0.15, 0.2) is 34.1 Å². The Kier molecular flexibility index (Phi) is 7.99. The lowest BCUT2D eigenvalue weighted by molar-refractivity contribution is 0.346. The summed E-state index contributed by atoms with van der Waals surface area (Å²) in [5, 5.41) is 0. The second-order valence-electron chi connectivity index (χ2n) is 6.49. The molecule has 1 heterocycles. The van der Waals surface area contributed by atoms with Crippen molar-refractivity contribution in [2.24, 2.45) is 0 Å². The Morgan fingerprint density at radius 1 is 0.821 bits per heavy atom. The van der Waals surface area contributed by atoms with E-state index < -0.39 is 30.1 Å². The van der Waals surface area contributed by atoms with Crippen LogP contribution < -0.4 is 9.44 Å². The maximum atomic E-state index is 12.6. The zero-order valence-electron chi connectivity index (χ0n) is 15.8. The highest BCUT2D eigenvalue weighted by Gasteiger charge is 2.26. The van der Waals surface area contributed by atoms with E-state index in [9.17, 15) is 25.3 Å². The van der Waals surface area contributed by atoms with Crippen LogP contribution in [-0.2, 0) is 30.1 Å². The van der Waals surface area contributed by atoms with Gasteiger partial charge in [-0.25, -0.2) is 34.7 Å². The van der Waals surface area contributed by atoms with Crippen molar-refractivity contribution >= 4 is 30.1 Å². The molecular formula is C16H27N3O6S3. The molecule has 0 aromatic heterocycles. The zero-order chi connectivity index (χ0) is 20.8. The minimum absolute atomic E-state index is 0.0363. The van der Waals surface area contributed by atoms with Crippen molar-refractivity contribution in [2.45, 2.75) is 42.4 Å². The molecule has 0 unspecified atom stereocenters. The molecule has 0 spiro atoms. The summed E-state index contributed by atoms with van der Waals surface area (Å²) >= 11 is 0. The number of rotatable bonds is 10. The Bertz CT molecular complexity index is 951.